The van der Waals surface area contributed by atoms with E-state index in [0.29, 0.717) is 0 Å². The molecule has 2 rings (SSSR count). The van der Waals surface area contributed by atoms with E-state index in [1.54, 1.807) is 12.1 Å². The second kappa shape index (κ2) is 4.06. The molecule has 0 bridgehead atoms. The fourth-order valence-electron chi connectivity index (χ4n) is 1.41. The van der Waals surface area contributed by atoms with Crippen LogP contribution in [0.1, 0.15) is 5.56 Å². The lowest BCUT2D eigenvalue weighted by Gasteiger charge is -2.14. The Morgan fingerprint density at radius 3 is 2.50 bits per heavy atom. The zero-order chi connectivity index (χ0) is 11.5. The zero-order valence-electron chi connectivity index (χ0n) is 8.34. The van der Waals surface area contributed by atoms with Gasteiger partial charge in [-0.3, -0.25) is 9.78 Å². The number of aromatic nitrogens is 2. The molecule has 82 valence electrons. The van der Waals surface area contributed by atoms with Gasteiger partial charge in [0.25, 0.3) is 5.56 Å². The minimum absolute atomic E-state index is 0.162. The van der Waals surface area contributed by atoms with Crippen LogP contribution in [0.3, 0.4) is 0 Å². The Balaban J connectivity index is 2.43. The molecular formula is C11H9N2O3-. The summed E-state index contributed by atoms with van der Waals surface area (Å²) >= 11 is 0. The molecule has 0 spiro atoms. The molecular weight excluding hydrogens is 208 g/mol. The van der Waals surface area contributed by atoms with Crippen molar-refractivity contribution in [3.05, 3.63) is 62.8 Å². The fraction of sp³-hybridized carbons (Fsp3) is 0.0909. The lowest BCUT2D eigenvalue weighted by atomic mass is 10.2. The van der Waals surface area contributed by atoms with Crippen LogP contribution >= 0.6 is 0 Å². The molecule has 5 nitrogen and oxygen atoms in total. The van der Waals surface area contributed by atoms with Crippen molar-refractivity contribution in [2.45, 2.75) is 6.54 Å². The lowest BCUT2D eigenvalue weighted by Crippen LogP contribution is -2.31. The highest BCUT2D eigenvalue weighted by molar-refractivity contribution is 5.17. The van der Waals surface area contributed by atoms with Gasteiger partial charge in [-0.2, -0.15) is 0 Å². The van der Waals surface area contributed by atoms with E-state index in [4.69, 9.17) is 0 Å². The third kappa shape index (κ3) is 2.03. The van der Waals surface area contributed by atoms with Crippen molar-refractivity contribution >= 4 is 0 Å². The average molecular weight is 217 g/mol. The number of hydrogen-bond donors (Lipinski definition) is 1. The molecule has 1 heterocycles. The van der Waals surface area contributed by atoms with Gasteiger partial charge in [0.15, 0.2) is 0 Å². The Kier molecular flexibility index (Phi) is 2.59. The van der Waals surface area contributed by atoms with Gasteiger partial charge >= 0.3 is 5.69 Å². The summed E-state index contributed by atoms with van der Waals surface area (Å²) in [7, 11) is 0. The Morgan fingerprint density at radius 1 is 1.19 bits per heavy atom. The first-order chi connectivity index (χ1) is 7.66. The number of nitrogens with zero attached hydrogens (tertiary/aromatic N) is 1. The molecule has 0 saturated carbocycles. The second-order valence-corrected chi connectivity index (χ2v) is 3.35. The highest BCUT2D eigenvalue weighted by Gasteiger charge is 1.99. The van der Waals surface area contributed by atoms with E-state index >= 15 is 0 Å². The summed E-state index contributed by atoms with van der Waals surface area (Å²) in [6.45, 7) is 0.162. The number of rotatable bonds is 2. The van der Waals surface area contributed by atoms with Crippen LogP contribution in [0.4, 0.5) is 0 Å². The summed E-state index contributed by atoms with van der Waals surface area (Å²) in [6, 6.07) is 9.95. The molecule has 0 unspecified atom stereocenters. The summed E-state index contributed by atoms with van der Waals surface area (Å²) < 4.78 is 0.983. The molecule has 16 heavy (non-hydrogen) atoms. The van der Waals surface area contributed by atoms with Crippen molar-refractivity contribution in [1.29, 1.82) is 0 Å². The first-order valence-electron chi connectivity index (χ1n) is 4.72. The Bertz CT molecular complexity index is 599. The normalized spacial score (nSPS) is 10.2. The minimum Gasteiger partial charge on any atom is -0.860 e. The van der Waals surface area contributed by atoms with Crippen molar-refractivity contribution in [3.8, 4) is 5.88 Å². The molecule has 1 aromatic heterocycles. The van der Waals surface area contributed by atoms with E-state index in [-0.39, 0.29) is 6.54 Å². The predicted octanol–water partition coefficient (Wildman–Crippen LogP) is -0.342. The van der Waals surface area contributed by atoms with Crippen molar-refractivity contribution in [2.24, 2.45) is 0 Å². The second-order valence-electron chi connectivity index (χ2n) is 3.35. The number of H-pyrrole nitrogens is 1. The van der Waals surface area contributed by atoms with Crippen LogP contribution < -0.4 is 16.4 Å². The summed E-state index contributed by atoms with van der Waals surface area (Å²) in [4.78, 5) is 24.3. The maximum atomic E-state index is 11.4. The molecule has 0 atom stereocenters. The summed E-state index contributed by atoms with van der Waals surface area (Å²) in [6.07, 6.45) is 0. The van der Waals surface area contributed by atoms with Crippen LogP contribution in [-0.4, -0.2) is 9.55 Å². The molecule has 1 N–H and O–H groups in total. The van der Waals surface area contributed by atoms with Gasteiger partial charge in [0.2, 0.25) is 0 Å². The van der Waals surface area contributed by atoms with Gasteiger partial charge in [0, 0.05) is 6.07 Å². The Morgan fingerprint density at radius 2 is 1.88 bits per heavy atom. The van der Waals surface area contributed by atoms with Gasteiger partial charge < -0.3 is 9.67 Å². The number of hydrogen-bond acceptors (Lipinski definition) is 3. The van der Waals surface area contributed by atoms with E-state index < -0.39 is 17.1 Å². The molecule has 0 amide bonds. The van der Waals surface area contributed by atoms with E-state index in [9.17, 15) is 14.7 Å². The highest BCUT2D eigenvalue weighted by Crippen LogP contribution is 2.03. The van der Waals surface area contributed by atoms with E-state index in [1.807, 2.05) is 18.2 Å². The highest BCUT2D eigenvalue weighted by atomic mass is 16.3. The third-order valence-electron chi connectivity index (χ3n) is 2.18. The molecule has 5 heteroatoms. The van der Waals surface area contributed by atoms with E-state index in [1.165, 1.54) is 0 Å². The molecule has 0 saturated heterocycles. The first kappa shape index (κ1) is 10.2. The standard InChI is InChI=1S/C11H10N2O3/c14-9-6-10(15)13(11(16)12-9)7-8-4-2-1-3-5-8/h1-6,15H,7H2,(H,12,14,16)/p-1. The SMILES string of the molecule is O=c1cc([O-])n(Cc2ccccc2)c(=O)[nH]1. The van der Waals surface area contributed by atoms with Gasteiger partial charge in [-0.05, 0) is 11.4 Å². The molecule has 0 radical (unpaired) electrons. The molecule has 0 fully saturated rings. The molecule has 1 aromatic carbocycles. The Labute approximate surface area is 90.6 Å². The van der Waals surface area contributed by atoms with Crippen LogP contribution in [0.25, 0.3) is 0 Å². The monoisotopic (exact) mass is 217 g/mol. The van der Waals surface area contributed by atoms with Crippen molar-refractivity contribution < 1.29 is 5.11 Å². The maximum Gasteiger partial charge on any atom is 0.328 e. The van der Waals surface area contributed by atoms with Gasteiger partial charge in [-0.15, -0.1) is 0 Å². The van der Waals surface area contributed by atoms with Crippen molar-refractivity contribution in [2.75, 3.05) is 0 Å². The van der Waals surface area contributed by atoms with Crippen LogP contribution in [0, 0.1) is 0 Å². The predicted molar refractivity (Wildman–Crippen MR) is 56.3 cm³/mol. The van der Waals surface area contributed by atoms with Gasteiger partial charge in [0.05, 0.1) is 6.54 Å². The van der Waals surface area contributed by atoms with E-state index in [0.717, 1.165) is 16.2 Å². The van der Waals surface area contributed by atoms with Crippen molar-refractivity contribution in [1.82, 2.24) is 9.55 Å². The van der Waals surface area contributed by atoms with Crippen LogP contribution in [-0.2, 0) is 6.54 Å². The molecule has 2 aromatic rings. The van der Waals surface area contributed by atoms with Gasteiger partial charge in [0.1, 0.15) is 0 Å². The number of aromatic amines is 1. The zero-order valence-corrected chi connectivity index (χ0v) is 8.34. The van der Waals surface area contributed by atoms with E-state index in [2.05, 4.69) is 4.98 Å². The summed E-state index contributed by atoms with van der Waals surface area (Å²) in [5.74, 6) is -0.586. The Hall–Kier alpha value is -2.30. The molecule has 0 aliphatic rings. The summed E-state index contributed by atoms with van der Waals surface area (Å²) in [5, 5.41) is 11.4. The number of nitrogens with one attached hydrogen (secondary N) is 1. The smallest absolute Gasteiger partial charge is 0.328 e. The lowest BCUT2D eigenvalue weighted by molar-refractivity contribution is -0.280. The van der Waals surface area contributed by atoms with Gasteiger partial charge in [-0.25, -0.2) is 4.79 Å². The van der Waals surface area contributed by atoms with Crippen LogP contribution in [0.15, 0.2) is 46.0 Å². The molecule has 0 aliphatic heterocycles. The minimum atomic E-state index is -0.679. The van der Waals surface area contributed by atoms with Crippen LogP contribution in [0.5, 0.6) is 5.88 Å². The topological polar surface area (TPSA) is 77.9 Å². The largest absolute Gasteiger partial charge is 0.860 e. The van der Waals surface area contributed by atoms with Gasteiger partial charge in [-0.1, -0.05) is 30.3 Å². The fourth-order valence-corrected chi connectivity index (χ4v) is 1.41. The average Bonchev–Trinajstić information content (AvgIpc) is 2.25. The summed E-state index contributed by atoms with van der Waals surface area (Å²) in [5.41, 5.74) is -0.519. The number of benzene rings is 1. The quantitative estimate of drug-likeness (QED) is 0.747. The maximum absolute atomic E-state index is 11.4. The third-order valence-corrected chi connectivity index (χ3v) is 2.18. The van der Waals surface area contributed by atoms with Crippen molar-refractivity contribution in [3.63, 3.8) is 0 Å². The molecule has 0 aliphatic carbocycles. The first-order valence-corrected chi connectivity index (χ1v) is 4.72. The van der Waals surface area contributed by atoms with Crippen LogP contribution in [0.2, 0.25) is 0 Å².